The molecule has 0 amide bonds. The zero-order valence-corrected chi connectivity index (χ0v) is 13.0. The summed E-state index contributed by atoms with van der Waals surface area (Å²) in [5, 5.41) is 14.1. The predicted molar refractivity (Wildman–Crippen MR) is 83.6 cm³/mol. The summed E-state index contributed by atoms with van der Waals surface area (Å²) in [5.41, 5.74) is 1.05. The molecule has 0 heterocycles. The number of rotatable bonds is 5. The van der Waals surface area contributed by atoms with Crippen LogP contribution in [0.25, 0.3) is 0 Å². The van der Waals surface area contributed by atoms with E-state index in [-0.39, 0.29) is 5.69 Å². The van der Waals surface area contributed by atoms with Crippen molar-refractivity contribution >= 4 is 33.0 Å². The van der Waals surface area contributed by atoms with E-state index in [0.717, 1.165) is 0 Å². The van der Waals surface area contributed by atoms with Crippen LogP contribution in [0, 0.1) is 10.1 Å². The van der Waals surface area contributed by atoms with Gasteiger partial charge in [-0.15, -0.1) is 0 Å². The number of nitrogens with zero attached hydrogens (tertiary/aromatic N) is 1. The van der Waals surface area contributed by atoms with Crippen LogP contribution in [0.5, 0.6) is 11.5 Å². The third-order valence-electron chi connectivity index (χ3n) is 2.82. The quantitative estimate of drug-likeness (QED) is 0.647. The summed E-state index contributed by atoms with van der Waals surface area (Å²) >= 11 is 3.22. The topological polar surface area (TPSA) is 73.6 Å². The molecule has 0 bridgehead atoms. The molecule has 1 N–H and O–H groups in total. The van der Waals surface area contributed by atoms with Crippen LogP contribution in [-0.2, 0) is 0 Å². The van der Waals surface area contributed by atoms with Crippen molar-refractivity contribution in [3.05, 3.63) is 51.0 Å². The van der Waals surface area contributed by atoms with E-state index in [0.29, 0.717) is 27.3 Å². The monoisotopic (exact) mass is 352 g/mol. The Morgan fingerprint density at radius 1 is 1.10 bits per heavy atom. The van der Waals surface area contributed by atoms with Gasteiger partial charge in [-0.3, -0.25) is 10.1 Å². The zero-order valence-electron chi connectivity index (χ0n) is 11.4. The Hall–Kier alpha value is -2.28. The number of methoxy groups -OCH3 is 2. The number of hydrogen-bond acceptors (Lipinski definition) is 5. The van der Waals surface area contributed by atoms with Crippen molar-refractivity contribution in [2.75, 3.05) is 19.5 Å². The highest BCUT2D eigenvalue weighted by Crippen LogP contribution is 2.34. The van der Waals surface area contributed by atoms with E-state index in [9.17, 15) is 10.1 Å². The second-order valence-electron chi connectivity index (χ2n) is 4.11. The summed E-state index contributed by atoms with van der Waals surface area (Å²) < 4.78 is 11.0. The predicted octanol–water partition coefficient (Wildman–Crippen LogP) is 4.12. The van der Waals surface area contributed by atoms with Crippen LogP contribution in [0.15, 0.2) is 40.9 Å². The first-order valence-corrected chi connectivity index (χ1v) is 6.77. The standard InChI is InChI=1S/C14H13BrN2O4/c1-20-13-6-4-10(8-14(13)21-2)16-11-5-3-9(15)7-12(11)17(18)19/h3-8,16H,1-2H3. The van der Waals surface area contributed by atoms with Gasteiger partial charge in [-0.25, -0.2) is 0 Å². The highest BCUT2D eigenvalue weighted by atomic mass is 79.9. The lowest BCUT2D eigenvalue weighted by molar-refractivity contribution is -0.384. The third-order valence-corrected chi connectivity index (χ3v) is 3.31. The summed E-state index contributed by atoms with van der Waals surface area (Å²) in [5.74, 6) is 1.13. The minimum atomic E-state index is -0.437. The average Bonchev–Trinajstić information content (AvgIpc) is 2.48. The molecule has 110 valence electrons. The van der Waals surface area contributed by atoms with Crippen molar-refractivity contribution < 1.29 is 14.4 Å². The van der Waals surface area contributed by atoms with Crippen molar-refractivity contribution in [3.8, 4) is 11.5 Å². The van der Waals surface area contributed by atoms with Gasteiger partial charge in [-0.2, -0.15) is 0 Å². The van der Waals surface area contributed by atoms with Crippen LogP contribution in [0.2, 0.25) is 0 Å². The minimum Gasteiger partial charge on any atom is -0.493 e. The Balaban J connectivity index is 2.36. The Bertz CT molecular complexity index is 676. The Labute approximate surface area is 130 Å². The Morgan fingerprint density at radius 2 is 1.81 bits per heavy atom. The van der Waals surface area contributed by atoms with Crippen LogP contribution >= 0.6 is 15.9 Å². The molecule has 0 radical (unpaired) electrons. The summed E-state index contributed by atoms with van der Waals surface area (Å²) in [6.07, 6.45) is 0. The molecule has 6 nitrogen and oxygen atoms in total. The lowest BCUT2D eigenvalue weighted by atomic mass is 10.2. The molecule has 0 aliphatic heterocycles. The average molecular weight is 353 g/mol. The molecule has 0 saturated carbocycles. The van der Waals surface area contributed by atoms with Gasteiger partial charge in [0.15, 0.2) is 11.5 Å². The second-order valence-corrected chi connectivity index (χ2v) is 5.03. The zero-order chi connectivity index (χ0) is 15.4. The summed E-state index contributed by atoms with van der Waals surface area (Å²) in [4.78, 5) is 10.7. The van der Waals surface area contributed by atoms with E-state index in [4.69, 9.17) is 9.47 Å². The maximum absolute atomic E-state index is 11.1. The number of benzene rings is 2. The minimum absolute atomic E-state index is 0.0147. The van der Waals surface area contributed by atoms with Crippen LogP contribution in [0.3, 0.4) is 0 Å². The number of anilines is 2. The second kappa shape index (κ2) is 6.45. The fourth-order valence-corrected chi connectivity index (χ4v) is 2.18. The van der Waals surface area contributed by atoms with Gasteiger partial charge < -0.3 is 14.8 Å². The number of halogens is 1. The molecule has 0 fully saturated rings. The highest BCUT2D eigenvalue weighted by molar-refractivity contribution is 9.10. The van der Waals surface area contributed by atoms with E-state index >= 15 is 0 Å². The van der Waals surface area contributed by atoms with Crippen molar-refractivity contribution in [1.29, 1.82) is 0 Å². The normalized spacial score (nSPS) is 10.0. The fourth-order valence-electron chi connectivity index (χ4n) is 1.83. The van der Waals surface area contributed by atoms with Gasteiger partial charge in [-0.1, -0.05) is 15.9 Å². The molecule has 0 spiro atoms. The van der Waals surface area contributed by atoms with Gasteiger partial charge >= 0.3 is 0 Å². The lowest BCUT2D eigenvalue weighted by Gasteiger charge is -2.11. The summed E-state index contributed by atoms with van der Waals surface area (Å²) in [6, 6.07) is 10.0. The van der Waals surface area contributed by atoms with E-state index in [1.54, 1.807) is 37.4 Å². The molecule has 0 atom stereocenters. The first-order valence-electron chi connectivity index (χ1n) is 5.98. The van der Waals surface area contributed by atoms with Gasteiger partial charge in [-0.05, 0) is 24.3 Å². The molecular weight excluding hydrogens is 340 g/mol. The molecule has 0 aromatic heterocycles. The van der Waals surface area contributed by atoms with Crippen LogP contribution < -0.4 is 14.8 Å². The molecule has 7 heteroatoms. The van der Waals surface area contributed by atoms with Crippen molar-refractivity contribution in [3.63, 3.8) is 0 Å². The van der Waals surface area contributed by atoms with E-state index in [2.05, 4.69) is 21.2 Å². The first kappa shape index (κ1) is 15.1. The van der Waals surface area contributed by atoms with Crippen molar-refractivity contribution in [2.45, 2.75) is 0 Å². The molecular formula is C14H13BrN2O4. The lowest BCUT2D eigenvalue weighted by Crippen LogP contribution is -1.98. The van der Waals surface area contributed by atoms with E-state index in [1.807, 2.05) is 0 Å². The molecule has 2 aromatic carbocycles. The molecule has 0 aliphatic carbocycles. The maximum Gasteiger partial charge on any atom is 0.293 e. The maximum atomic E-state index is 11.1. The Kier molecular flexibility index (Phi) is 4.64. The van der Waals surface area contributed by atoms with Crippen LogP contribution in [0.4, 0.5) is 17.1 Å². The molecule has 0 aliphatic rings. The third kappa shape index (κ3) is 3.43. The number of hydrogen-bond donors (Lipinski definition) is 1. The van der Waals surface area contributed by atoms with Crippen molar-refractivity contribution in [1.82, 2.24) is 0 Å². The smallest absolute Gasteiger partial charge is 0.293 e. The van der Waals surface area contributed by atoms with Crippen LogP contribution in [0.1, 0.15) is 0 Å². The Morgan fingerprint density at radius 3 is 2.43 bits per heavy atom. The highest BCUT2D eigenvalue weighted by Gasteiger charge is 2.15. The molecule has 2 aromatic rings. The number of nitrogens with one attached hydrogen (secondary N) is 1. The first-order chi connectivity index (χ1) is 10.0. The SMILES string of the molecule is COc1ccc(Nc2ccc(Br)cc2[N+](=O)[O-])cc1OC. The number of nitro benzene ring substituents is 1. The molecule has 0 saturated heterocycles. The van der Waals surface area contributed by atoms with Crippen LogP contribution in [-0.4, -0.2) is 19.1 Å². The number of nitro groups is 1. The molecule has 2 rings (SSSR count). The van der Waals surface area contributed by atoms with Gasteiger partial charge in [0.25, 0.3) is 5.69 Å². The molecule has 0 unspecified atom stereocenters. The number of ether oxygens (including phenoxy) is 2. The van der Waals surface area contributed by atoms with Gasteiger partial charge in [0.05, 0.1) is 19.1 Å². The van der Waals surface area contributed by atoms with E-state index < -0.39 is 4.92 Å². The molecule has 21 heavy (non-hydrogen) atoms. The fraction of sp³-hybridized carbons (Fsp3) is 0.143. The summed E-state index contributed by atoms with van der Waals surface area (Å²) in [7, 11) is 3.08. The van der Waals surface area contributed by atoms with Gasteiger partial charge in [0.1, 0.15) is 5.69 Å². The van der Waals surface area contributed by atoms with E-state index in [1.165, 1.54) is 13.2 Å². The van der Waals surface area contributed by atoms with Crippen molar-refractivity contribution in [2.24, 2.45) is 0 Å². The van der Waals surface area contributed by atoms with Gasteiger partial charge in [0.2, 0.25) is 0 Å². The largest absolute Gasteiger partial charge is 0.493 e. The van der Waals surface area contributed by atoms with Gasteiger partial charge in [0, 0.05) is 22.3 Å². The summed E-state index contributed by atoms with van der Waals surface area (Å²) in [6.45, 7) is 0.